The van der Waals surface area contributed by atoms with Gasteiger partial charge in [-0.3, -0.25) is 4.90 Å². The monoisotopic (exact) mass is 347 g/mol. The second-order valence-electron chi connectivity index (χ2n) is 7.16. The van der Waals surface area contributed by atoms with Crippen molar-refractivity contribution in [2.24, 2.45) is 5.92 Å². The van der Waals surface area contributed by atoms with Gasteiger partial charge >= 0.3 is 12.2 Å². The third-order valence-corrected chi connectivity index (χ3v) is 4.92. The average Bonchev–Trinajstić information content (AvgIpc) is 2.48. The lowest BCUT2D eigenvalue weighted by Gasteiger charge is -2.35. The fourth-order valence-corrected chi connectivity index (χ4v) is 3.71. The van der Waals surface area contributed by atoms with Crippen LogP contribution in [0.3, 0.4) is 0 Å². The summed E-state index contributed by atoms with van der Waals surface area (Å²) in [6.45, 7) is 8.47. The zero-order valence-corrected chi connectivity index (χ0v) is 14.3. The zero-order chi connectivity index (χ0) is 17.7. The summed E-state index contributed by atoms with van der Waals surface area (Å²) in [5.74, 6) is -1.42. The normalized spacial score (nSPS) is 26.8. The molecule has 138 valence electrons. The number of urea groups is 1. The van der Waals surface area contributed by atoms with Crippen molar-refractivity contribution in [3.05, 3.63) is 12.2 Å². The van der Waals surface area contributed by atoms with Crippen LogP contribution in [0.1, 0.15) is 45.4 Å². The molecule has 7 heteroatoms. The van der Waals surface area contributed by atoms with Gasteiger partial charge in [-0.1, -0.05) is 25.0 Å². The Hall–Kier alpha value is -1.24. The first kappa shape index (κ1) is 19.1. The third-order valence-electron chi connectivity index (χ3n) is 4.92. The van der Waals surface area contributed by atoms with E-state index in [0.29, 0.717) is 12.8 Å². The van der Waals surface area contributed by atoms with E-state index in [1.165, 1.54) is 0 Å². The van der Waals surface area contributed by atoms with Gasteiger partial charge in [0.05, 0.1) is 5.92 Å². The molecule has 1 saturated carbocycles. The van der Waals surface area contributed by atoms with E-state index in [-0.39, 0.29) is 12.5 Å². The molecule has 1 aliphatic carbocycles. The molecule has 0 aromatic rings. The number of likely N-dealkylation sites (tertiary alicyclic amines) is 1. The van der Waals surface area contributed by atoms with E-state index in [9.17, 15) is 18.0 Å². The van der Waals surface area contributed by atoms with E-state index in [2.05, 4.69) is 22.1 Å². The van der Waals surface area contributed by atoms with Crippen LogP contribution in [0.5, 0.6) is 0 Å². The fraction of sp³-hybridized carbons (Fsp3) is 0.824. The molecule has 0 aromatic carbocycles. The molecule has 0 spiro atoms. The molecule has 4 nitrogen and oxygen atoms in total. The molecule has 0 bridgehead atoms. The van der Waals surface area contributed by atoms with Gasteiger partial charge in [0.1, 0.15) is 0 Å². The first-order valence-electron chi connectivity index (χ1n) is 8.76. The molecule has 2 aliphatic rings. The SMILES string of the molecule is C=C(C)CN1CCC(NC(=O)N[C@H]2CCCC[C@H]2C(F)(F)F)CC1. The highest BCUT2D eigenvalue weighted by molar-refractivity contribution is 5.74. The zero-order valence-electron chi connectivity index (χ0n) is 14.3. The molecule has 1 saturated heterocycles. The molecule has 2 fully saturated rings. The highest BCUT2D eigenvalue weighted by Gasteiger charge is 2.46. The molecule has 24 heavy (non-hydrogen) atoms. The maximum atomic E-state index is 13.1. The van der Waals surface area contributed by atoms with E-state index >= 15 is 0 Å². The van der Waals surface area contributed by atoms with Gasteiger partial charge in [-0.25, -0.2) is 4.79 Å². The van der Waals surface area contributed by atoms with Crippen LogP contribution in [0.25, 0.3) is 0 Å². The number of amides is 2. The van der Waals surface area contributed by atoms with Gasteiger partial charge in [-0.15, -0.1) is 0 Å². The summed E-state index contributed by atoms with van der Waals surface area (Å²) in [7, 11) is 0. The highest BCUT2D eigenvalue weighted by atomic mass is 19.4. The summed E-state index contributed by atoms with van der Waals surface area (Å²) in [5, 5.41) is 5.41. The van der Waals surface area contributed by atoms with Crippen LogP contribution in [0.4, 0.5) is 18.0 Å². The Morgan fingerprint density at radius 1 is 1.12 bits per heavy atom. The minimum absolute atomic E-state index is 0.0271. The minimum Gasteiger partial charge on any atom is -0.335 e. The van der Waals surface area contributed by atoms with Crippen LogP contribution in [0.2, 0.25) is 0 Å². The molecule has 0 unspecified atom stereocenters. The van der Waals surface area contributed by atoms with Gasteiger partial charge in [-0.05, 0) is 32.6 Å². The van der Waals surface area contributed by atoms with E-state index in [4.69, 9.17) is 0 Å². The smallest absolute Gasteiger partial charge is 0.335 e. The second kappa shape index (κ2) is 8.23. The fourth-order valence-electron chi connectivity index (χ4n) is 3.71. The number of piperidine rings is 1. The Kier molecular flexibility index (Phi) is 6.54. The lowest BCUT2D eigenvalue weighted by molar-refractivity contribution is -0.187. The van der Waals surface area contributed by atoms with Gasteiger partial charge in [0, 0.05) is 31.7 Å². The van der Waals surface area contributed by atoms with Crippen LogP contribution in [0, 0.1) is 5.92 Å². The summed E-state index contributed by atoms with van der Waals surface area (Å²) in [6, 6.07) is -1.24. The summed E-state index contributed by atoms with van der Waals surface area (Å²) >= 11 is 0. The maximum absolute atomic E-state index is 13.1. The minimum atomic E-state index is -4.24. The lowest BCUT2D eigenvalue weighted by atomic mass is 9.84. The number of alkyl halides is 3. The van der Waals surface area contributed by atoms with Crippen LogP contribution >= 0.6 is 0 Å². The van der Waals surface area contributed by atoms with Crippen LogP contribution in [0.15, 0.2) is 12.2 Å². The number of nitrogens with one attached hydrogen (secondary N) is 2. The molecule has 1 aliphatic heterocycles. The molecule has 2 rings (SSSR count). The standard InChI is InChI=1S/C17H28F3N3O/c1-12(2)11-23-9-7-13(8-10-23)21-16(24)22-15-6-4-3-5-14(15)17(18,19)20/h13-15H,1,3-11H2,2H3,(H2,21,22,24)/t14-,15+/m1/s1. The van der Waals surface area contributed by atoms with Gasteiger partial charge < -0.3 is 10.6 Å². The first-order valence-corrected chi connectivity index (χ1v) is 8.76. The van der Waals surface area contributed by atoms with Crippen molar-refractivity contribution in [3.63, 3.8) is 0 Å². The van der Waals surface area contributed by atoms with Crippen molar-refractivity contribution < 1.29 is 18.0 Å². The predicted octanol–water partition coefficient (Wildman–Crippen LogP) is 3.45. The molecular weight excluding hydrogens is 319 g/mol. The van der Waals surface area contributed by atoms with Crippen molar-refractivity contribution in [1.29, 1.82) is 0 Å². The Morgan fingerprint density at radius 3 is 2.33 bits per heavy atom. The van der Waals surface area contributed by atoms with Gasteiger partial charge in [0.25, 0.3) is 0 Å². The molecule has 0 aromatic heterocycles. The lowest BCUT2D eigenvalue weighted by Crippen LogP contribution is -2.54. The maximum Gasteiger partial charge on any atom is 0.393 e. The third kappa shape index (κ3) is 5.69. The molecule has 1 heterocycles. The van der Waals surface area contributed by atoms with E-state index in [1.54, 1.807) is 0 Å². The van der Waals surface area contributed by atoms with Crippen molar-refractivity contribution in [1.82, 2.24) is 15.5 Å². The van der Waals surface area contributed by atoms with E-state index < -0.39 is 24.2 Å². The van der Waals surface area contributed by atoms with Crippen molar-refractivity contribution in [2.75, 3.05) is 19.6 Å². The predicted molar refractivity (Wildman–Crippen MR) is 87.7 cm³/mol. The van der Waals surface area contributed by atoms with Crippen molar-refractivity contribution in [2.45, 2.75) is 63.7 Å². The number of halogens is 3. The summed E-state index contributed by atoms with van der Waals surface area (Å²) in [4.78, 5) is 14.4. The first-order chi connectivity index (χ1) is 11.3. The molecule has 2 N–H and O–H groups in total. The molecule has 2 atom stereocenters. The Bertz CT molecular complexity index is 445. The largest absolute Gasteiger partial charge is 0.393 e. The molecular formula is C17H28F3N3O. The van der Waals surface area contributed by atoms with Crippen LogP contribution in [-0.4, -0.2) is 48.8 Å². The van der Waals surface area contributed by atoms with Gasteiger partial charge in [-0.2, -0.15) is 13.2 Å². The Labute approximate surface area is 141 Å². The summed E-state index contributed by atoms with van der Waals surface area (Å²) < 4.78 is 39.2. The van der Waals surface area contributed by atoms with Gasteiger partial charge in [0.15, 0.2) is 0 Å². The number of rotatable bonds is 4. The van der Waals surface area contributed by atoms with Crippen LogP contribution in [-0.2, 0) is 0 Å². The summed E-state index contributed by atoms with van der Waals surface area (Å²) in [6.07, 6.45) is -0.807. The van der Waals surface area contributed by atoms with Crippen molar-refractivity contribution in [3.8, 4) is 0 Å². The van der Waals surface area contributed by atoms with Gasteiger partial charge in [0.2, 0.25) is 0 Å². The Morgan fingerprint density at radius 2 is 1.75 bits per heavy atom. The van der Waals surface area contributed by atoms with Crippen molar-refractivity contribution >= 4 is 6.03 Å². The second-order valence-corrected chi connectivity index (χ2v) is 7.16. The Balaban J connectivity index is 1.77. The topological polar surface area (TPSA) is 44.4 Å². The number of carbonyl (C=O) groups is 1. The number of hydrogen-bond donors (Lipinski definition) is 2. The average molecular weight is 347 g/mol. The quantitative estimate of drug-likeness (QED) is 0.765. The summed E-state index contributed by atoms with van der Waals surface area (Å²) in [5.41, 5.74) is 1.11. The van der Waals surface area contributed by atoms with E-state index in [0.717, 1.165) is 44.5 Å². The van der Waals surface area contributed by atoms with E-state index in [1.807, 2.05) is 6.92 Å². The number of hydrogen-bond acceptors (Lipinski definition) is 2. The number of carbonyl (C=O) groups excluding carboxylic acids is 1. The highest BCUT2D eigenvalue weighted by Crippen LogP contribution is 2.37. The number of nitrogens with zero attached hydrogens (tertiary/aromatic N) is 1. The molecule has 2 amide bonds. The van der Waals surface area contributed by atoms with Crippen LogP contribution < -0.4 is 10.6 Å². The molecule has 0 radical (unpaired) electrons.